The highest BCUT2D eigenvalue weighted by Crippen LogP contribution is 2.33. The van der Waals surface area contributed by atoms with E-state index in [1.807, 2.05) is 0 Å². The molecule has 0 saturated heterocycles. The second kappa shape index (κ2) is 8.58. The molecule has 3 amide bonds. The Balaban J connectivity index is 1.79. The summed E-state index contributed by atoms with van der Waals surface area (Å²) < 4.78 is 37.0. The van der Waals surface area contributed by atoms with Gasteiger partial charge in [-0.25, -0.2) is 22.3 Å². The monoisotopic (exact) mass is 471 g/mol. The van der Waals surface area contributed by atoms with Crippen LogP contribution in [0.4, 0.5) is 4.79 Å². The highest BCUT2D eigenvalue weighted by atomic mass is 32.2. The quantitative estimate of drug-likeness (QED) is 0.613. The Kier molecular flexibility index (Phi) is 5.81. The zero-order valence-electron chi connectivity index (χ0n) is 17.8. The van der Waals surface area contributed by atoms with Crippen molar-refractivity contribution in [3.05, 3.63) is 70.9 Å². The third-order valence-electron chi connectivity index (χ3n) is 5.31. The number of carbonyl (C=O) groups excluding carboxylic acids is 3. The largest absolute Gasteiger partial charge is 0.497 e. The van der Waals surface area contributed by atoms with Gasteiger partial charge in [-0.05, 0) is 36.8 Å². The Morgan fingerprint density at radius 2 is 1.79 bits per heavy atom. The molecule has 2 N–H and O–H groups in total. The third-order valence-corrected chi connectivity index (χ3v) is 7.10. The van der Waals surface area contributed by atoms with Crippen LogP contribution in [0.15, 0.2) is 64.7 Å². The third kappa shape index (κ3) is 3.91. The molecule has 2 aromatic carbocycles. The zero-order valence-corrected chi connectivity index (χ0v) is 18.6. The molecule has 0 aliphatic carbocycles. The number of urea groups is 1. The van der Waals surface area contributed by atoms with Crippen molar-refractivity contribution in [2.45, 2.75) is 17.9 Å². The van der Waals surface area contributed by atoms with E-state index in [1.165, 1.54) is 25.3 Å². The molecule has 11 heteroatoms. The Labute approximate surface area is 190 Å². The van der Waals surface area contributed by atoms with Crippen LogP contribution in [0.25, 0.3) is 0 Å². The van der Waals surface area contributed by atoms with Crippen molar-refractivity contribution >= 4 is 27.9 Å². The van der Waals surface area contributed by atoms with E-state index in [9.17, 15) is 22.8 Å². The van der Waals surface area contributed by atoms with Crippen LogP contribution in [-0.4, -0.2) is 50.9 Å². The first-order chi connectivity index (χ1) is 15.8. The van der Waals surface area contributed by atoms with Crippen LogP contribution in [0.5, 0.6) is 5.75 Å². The lowest BCUT2D eigenvalue weighted by atomic mass is 9.95. The van der Waals surface area contributed by atoms with E-state index < -0.39 is 40.5 Å². The smallest absolute Gasteiger partial charge is 0.338 e. The first kappa shape index (κ1) is 22.3. The molecule has 0 radical (unpaired) electrons. The number of sulfonamides is 1. The van der Waals surface area contributed by atoms with Gasteiger partial charge in [-0.2, -0.15) is 0 Å². The lowest BCUT2D eigenvalue weighted by Crippen LogP contribution is -2.49. The number of ether oxygens (including phenoxy) is 2. The topological polar surface area (TPSA) is 131 Å². The average Bonchev–Trinajstić information content (AvgIpc) is 2.99. The van der Waals surface area contributed by atoms with Crippen LogP contribution < -0.4 is 15.4 Å². The molecule has 0 aromatic heterocycles. The van der Waals surface area contributed by atoms with Crippen molar-refractivity contribution in [1.29, 1.82) is 0 Å². The molecule has 0 bridgehead atoms. The van der Waals surface area contributed by atoms with Gasteiger partial charge in [-0.1, -0.05) is 24.3 Å². The molecule has 0 fully saturated rings. The Hall–Kier alpha value is -3.86. The fourth-order valence-corrected chi connectivity index (χ4v) is 5.31. The van der Waals surface area contributed by atoms with Crippen molar-refractivity contribution in [2.75, 3.05) is 20.3 Å². The number of nitrogens with zero attached hydrogens (tertiary/aromatic N) is 1. The van der Waals surface area contributed by atoms with Crippen molar-refractivity contribution < 1.29 is 32.3 Å². The predicted octanol–water partition coefficient (Wildman–Crippen LogP) is 1.71. The number of rotatable bonds is 6. The summed E-state index contributed by atoms with van der Waals surface area (Å²) in [5, 5.41) is 5.15. The molecule has 33 heavy (non-hydrogen) atoms. The minimum atomic E-state index is -4.16. The van der Waals surface area contributed by atoms with Crippen molar-refractivity contribution in [2.24, 2.45) is 0 Å². The average molecular weight is 471 g/mol. The number of methoxy groups -OCH3 is 1. The minimum absolute atomic E-state index is 0.000531. The molecular formula is C22H21N3O7S. The van der Waals surface area contributed by atoms with Gasteiger partial charge in [0.05, 0.1) is 43.1 Å². The second-order valence-electron chi connectivity index (χ2n) is 7.23. The number of esters is 1. The van der Waals surface area contributed by atoms with Gasteiger partial charge in [0, 0.05) is 0 Å². The van der Waals surface area contributed by atoms with Crippen molar-refractivity contribution in [3.8, 4) is 5.75 Å². The molecule has 2 aliphatic rings. The summed E-state index contributed by atoms with van der Waals surface area (Å²) in [7, 11) is -2.65. The Morgan fingerprint density at radius 3 is 2.42 bits per heavy atom. The molecule has 0 saturated carbocycles. The van der Waals surface area contributed by atoms with Gasteiger partial charge in [-0.15, -0.1) is 0 Å². The minimum Gasteiger partial charge on any atom is -0.497 e. The highest BCUT2D eigenvalue weighted by Gasteiger charge is 2.43. The van der Waals surface area contributed by atoms with Crippen LogP contribution in [0.3, 0.4) is 0 Å². The molecule has 1 atom stereocenters. The summed E-state index contributed by atoms with van der Waals surface area (Å²) >= 11 is 0. The maximum absolute atomic E-state index is 13.0. The van der Waals surface area contributed by atoms with E-state index in [0.717, 1.165) is 0 Å². The lowest BCUT2D eigenvalue weighted by Gasteiger charge is -2.30. The second-order valence-corrected chi connectivity index (χ2v) is 9.06. The molecule has 2 heterocycles. The van der Waals surface area contributed by atoms with Crippen LogP contribution in [0.1, 0.15) is 28.9 Å². The molecule has 2 aliphatic heterocycles. The van der Waals surface area contributed by atoms with Gasteiger partial charge in [0.1, 0.15) is 10.6 Å². The molecule has 2 aromatic rings. The number of carbonyl (C=O) groups is 3. The molecule has 0 unspecified atom stereocenters. The maximum Gasteiger partial charge on any atom is 0.338 e. The molecule has 10 nitrogen and oxygen atoms in total. The van der Waals surface area contributed by atoms with Crippen LogP contribution >= 0.6 is 0 Å². The number of benzene rings is 2. The van der Waals surface area contributed by atoms with Crippen LogP contribution in [0, 0.1) is 0 Å². The number of nitrogens with one attached hydrogen (secondary N) is 2. The van der Waals surface area contributed by atoms with Crippen LogP contribution in [0.2, 0.25) is 0 Å². The fourth-order valence-electron chi connectivity index (χ4n) is 3.77. The zero-order chi connectivity index (χ0) is 23.8. The summed E-state index contributed by atoms with van der Waals surface area (Å²) in [5.41, 5.74) is 0.538. The first-order valence-corrected chi connectivity index (χ1v) is 11.5. The summed E-state index contributed by atoms with van der Waals surface area (Å²) in [6.45, 7) is 1.15. The summed E-state index contributed by atoms with van der Waals surface area (Å²) in [4.78, 5) is 38.1. The van der Waals surface area contributed by atoms with Gasteiger partial charge < -0.3 is 20.1 Å². The number of fused-ring (bicyclic) bond motifs is 1. The maximum atomic E-state index is 13.0. The number of hydrogen-bond donors (Lipinski definition) is 2. The van der Waals surface area contributed by atoms with Crippen molar-refractivity contribution in [1.82, 2.24) is 14.9 Å². The summed E-state index contributed by atoms with van der Waals surface area (Å²) in [5.74, 6) is -0.912. The fraction of sp³-hybridized carbons (Fsp3) is 0.227. The standard InChI is InChI=1S/C22H21N3O7S/c1-3-32-21(27)18-16(12-25-20(26)15-6-4-5-7-17(15)33(25,29)30)23-22(28)24-19(18)13-8-10-14(31-2)11-9-13/h4-11,19H,3,12H2,1-2H3,(H2,23,24,28)/t19-/m0/s1. The van der Waals surface area contributed by atoms with E-state index >= 15 is 0 Å². The van der Waals surface area contributed by atoms with E-state index in [4.69, 9.17) is 9.47 Å². The highest BCUT2D eigenvalue weighted by molar-refractivity contribution is 7.90. The molecule has 4 rings (SSSR count). The van der Waals surface area contributed by atoms with Crippen LogP contribution in [-0.2, 0) is 19.6 Å². The van der Waals surface area contributed by atoms with E-state index in [0.29, 0.717) is 15.6 Å². The predicted molar refractivity (Wildman–Crippen MR) is 116 cm³/mol. The Bertz CT molecular complexity index is 1270. The normalized spacial score (nSPS) is 19.0. The van der Waals surface area contributed by atoms with Crippen molar-refractivity contribution in [3.63, 3.8) is 0 Å². The first-order valence-electron chi connectivity index (χ1n) is 10.1. The van der Waals surface area contributed by atoms with Gasteiger partial charge in [0.25, 0.3) is 15.9 Å². The van der Waals surface area contributed by atoms with Gasteiger partial charge in [-0.3, -0.25) is 4.79 Å². The van der Waals surface area contributed by atoms with E-state index in [-0.39, 0.29) is 28.3 Å². The number of amides is 3. The van der Waals surface area contributed by atoms with E-state index in [1.54, 1.807) is 37.3 Å². The number of hydrogen-bond acceptors (Lipinski definition) is 7. The van der Waals surface area contributed by atoms with E-state index in [2.05, 4.69) is 10.6 Å². The lowest BCUT2D eigenvalue weighted by molar-refractivity contribution is -0.139. The summed E-state index contributed by atoms with van der Waals surface area (Å²) in [6.07, 6.45) is 0. The molecule has 172 valence electrons. The van der Waals surface area contributed by atoms with Gasteiger partial charge in [0.2, 0.25) is 0 Å². The van der Waals surface area contributed by atoms with Gasteiger partial charge in [0.15, 0.2) is 0 Å². The SMILES string of the molecule is CCOC(=O)C1=C(CN2C(=O)c3ccccc3S2(=O)=O)NC(=O)N[C@H]1c1ccc(OC)cc1. The Morgan fingerprint density at radius 1 is 1.09 bits per heavy atom. The van der Waals surface area contributed by atoms with Gasteiger partial charge >= 0.3 is 12.0 Å². The summed E-state index contributed by atoms with van der Waals surface area (Å²) in [6, 6.07) is 10.9. The molecule has 0 spiro atoms. The molecular weight excluding hydrogens is 450 g/mol.